The Morgan fingerprint density at radius 3 is 2.38 bits per heavy atom. The summed E-state index contributed by atoms with van der Waals surface area (Å²) in [6.45, 7) is 12.9. The highest BCUT2D eigenvalue weighted by molar-refractivity contribution is 7.99. The van der Waals surface area contributed by atoms with Crippen molar-refractivity contribution in [2.45, 2.75) is 57.2 Å². The van der Waals surface area contributed by atoms with Crippen molar-refractivity contribution in [3.63, 3.8) is 0 Å². The number of aromatic nitrogens is 4. The van der Waals surface area contributed by atoms with Crippen LogP contribution >= 0.6 is 11.8 Å². The van der Waals surface area contributed by atoms with Crippen LogP contribution in [-0.4, -0.2) is 26.7 Å². The predicted molar refractivity (Wildman–Crippen MR) is 82.8 cm³/mol. The molecule has 7 heteroatoms. The van der Waals surface area contributed by atoms with Gasteiger partial charge in [-0.1, -0.05) is 20.8 Å². The Labute approximate surface area is 129 Å². The number of rotatable bonds is 4. The van der Waals surface area contributed by atoms with Crippen LogP contribution in [0, 0.1) is 13.8 Å². The van der Waals surface area contributed by atoms with E-state index in [2.05, 4.69) is 46.3 Å². The van der Waals surface area contributed by atoms with E-state index in [9.17, 15) is 0 Å². The van der Waals surface area contributed by atoms with Gasteiger partial charge in [0.05, 0.1) is 0 Å². The molecule has 0 aliphatic carbocycles. The second-order valence-electron chi connectivity index (χ2n) is 5.80. The van der Waals surface area contributed by atoms with E-state index in [1.165, 1.54) is 11.8 Å². The van der Waals surface area contributed by atoms with Gasteiger partial charge in [-0.15, -0.1) is 10.2 Å². The molecule has 0 atom stereocenters. The lowest BCUT2D eigenvalue weighted by atomic mass is 9.95. The highest BCUT2D eigenvalue weighted by atomic mass is 32.2. The van der Waals surface area contributed by atoms with Crippen LogP contribution < -0.4 is 5.32 Å². The maximum Gasteiger partial charge on any atom is 0.282 e. The first-order chi connectivity index (χ1) is 9.81. The average Bonchev–Trinajstić information content (AvgIpc) is 2.78. The smallest absolute Gasteiger partial charge is 0.282 e. The minimum Gasteiger partial charge on any atom is -0.416 e. The molecule has 6 nitrogen and oxygen atoms in total. The summed E-state index contributed by atoms with van der Waals surface area (Å²) in [5, 5.41) is 12.5. The van der Waals surface area contributed by atoms with Crippen molar-refractivity contribution < 1.29 is 4.42 Å². The van der Waals surface area contributed by atoms with Crippen molar-refractivity contribution in [2.75, 3.05) is 11.9 Å². The van der Waals surface area contributed by atoms with E-state index in [4.69, 9.17) is 4.42 Å². The molecule has 0 aliphatic heterocycles. The summed E-state index contributed by atoms with van der Waals surface area (Å²) in [6.07, 6.45) is 0. The van der Waals surface area contributed by atoms with Gasteiger partial charge >= 0.3 is 0 Å². The summed E-state index contributed by atoms with van der Waals surface area (Å²) in [5.41, 5.74) is 0.864. The molecular formula is C14H21N5OS. The molecule has 1 N–H and O–H groups in total. The molecule has 2 heterocycles. The monoisotopic (exact) mass is 307 g/mol. The molecule has 0 saturated carbocycles. The maximum atomic E-state index is 5.43. The van der Waals surface area contributed by atoms with Crippen LogP contribution in [0.3, 0.4) is 0 Å². The van der Waals surface area contributed by atoms with E-state index in [-0.39, 0.29) is 5.41 Å². The molecule has 2 rings (SSSR count). The van der Waals surface area contributed by atoms with Crippen molar-refractivity contribution in [2.24, 2.45) is 0 Å². The molecule has 0 unspecified atom stereocenters. The second-order valence-corrected chi connectivity index (χ2v) is 6.74. The quantitative estimate of drug-likeness (QED) is 0.868. The average molecular weight is 307 g/mol. The fourth-order valence-electron chi connectivity index (χ4n) is 1.67. The van der Waals surface area contributed by atoms with Gasteiger partial charge in [0.15, 0.2) is 0 Å². The molecule has 2 aromatic rings. The number of anilines is 1. The Balaban J connectivity index is 2.45. The Morgan fingerprint density at radius 2 is 1.86 bits per heavy atom. The molecule has 0 amide bonds. The first-order valence-corrected chi connectivity index (χ1v) is 7.74. The number of nitrogens with one attached hydrogen (secondary N) is 1. The summed E-state index contributed by atoms with van der Waals surface area (Å²) in [4.78, 5) is 9.31. The van der Waals surface area contributed by atoms with Crippen LogP contribution in [0.25, 0.3) is 0 Å². The zero-order valence-electron chi connectivity index (χ0n) is 13.3. The van der Waals surface area contributed by atoms with Crippen molar-refractivity contribution >= 4 is 17.6 Å². The Morgan fingerprint density at radius 1 is 1.14 bits per heavy atom. The maximum absolute atomic E-state index is 5.43. The first kappa shape index (κ1) is 15.8. The summed E-state index contributed by atoms with van der Waals surface area (Å²) < 4.78 is 5.43. The fourth-order valence-corrected chi connectivity index (χ4v) is 2.46. The van der Waals surface area contributed by atoms with Crippen molar-refractivity contribution in [1.29, 1.82) is 0 Å². The van der Waals surface area contributed by atoms with Gasteiger partial charge in [0, 0.05) is 24.4 Å². The molecule has 2 aromatic heterocycles. The van der Waals surface area contributed by atoms with E-state index in [0.29, 0.717) is 11.1 Å². The highest BCUT2D eigenvalue weighted by Crippen LogP contribution is 2.32. The second kappa shape index (κ2) is 6.01. The van der Waals surface area contributed by atoms with Crippen LogP contribution in [0.4, 0.5) is 5.82 Å². The van der Waals surface area contributed by atoms with E-state index >= 15 is 0 Å². The van der Waals surface area contributed by atoms with E-state index in [1.807, 2.05) is 13.8 Å². The first-order valence-electron chi connectivity index (χ1n) is 6.92. The predicted octanol–water partition coefficient (Wildman–Crippen LogP) is 3.36. The van der Waals surface area contributed by atoms with Gasteiger partial charge in [-0.25, -0.2) is 9.97 Å². The number of nitrogens with zero attached hydrogens (tertiary/aromatic N) is 4. The molecule has 0 saturated heterocycles. The summed E-state index contributed by atoms with van der Waals surface area (Å²) in [7, 11) is 0. The van der Waals surface area contributed by atoms with Gasteiger partial charge in [0.1, 0.15) is 16.7 Å². The molecule has 0 radical (unpaired) electrons. The molecule has 0 aliphatic rings. The molecule has 0 aromatic carbocycles. The Hall–Kier alpha value is -1.63. The molecular weight excluding hydrogens is 286 g/mol. The summed E-state index contributed by atoms with van der Waals surface area (Å²) in [5.74, 6) is 2.20. The Bertz CT molecular complexity index is 633. The lowest BCUT2D eigenvalue weighted by molar-refractivity contribution is 0.429. The largest absolute Gasteiger partial charge is 0.416 e. The lowest BCUT2D eigenvalue weighted by Gasteiger charge is -2.20. The van der Waals surface area contributed by atoms with E-state index < -0.39 is 0 Å². The minimum atomic E-state index is -0.127. The lowest BCUT2D eigenvalue weighted by Crippen LogP contribution is -2.18. The van der Waals surface area contributed by atoms with Crippen molar-refractivity contribution in [1.82, 2.24) is 20.2 Å². The van der Waals surface area contributed by atoms with Gasteiger partial charge in [0.2, 0.25) is 5.89 Å². The molecule has 21 heavy (non-hydrogen) atoms. The third-order valence-corrected chi connectivity index (χ3v) is 3.74. The fraction of sp³-hybridized carbons (Fsp3) is 0.571. The molecule has 0 spiro atoms. The van der Waals surface area contributed by atoms with Crippen LogP contribution in [0.2, 0.25) is 0 Å². The number of hydrogen-bond donors (Lipinski definition) is 1. The van der Waals surface area contributed by atoms with Gasteiger partial charge in [-0.3, -0.25) is 0 Å². The normalized spacial score (nSPS) is 11.7. The van der Waals surface area contributed by atoms with Crippen molar-refractivity contribution in [3.8, 4) is 0 Å². The van der Waals surface area contributed by atoms with Gasteiger partial charge in [-0.05, 0) is 25.6 Å². The molecule has 114 valence electrons. The van der Waals surface area contributed by atoms with E-state index in [1.54, 1.807) is 6.92 Å². The molecule has 0 fully saturated rings. The van der Waals surface area contributed by atoms with Crippen LogP contribution in [0.1, 0.15) is 45.0 Å². The van der Waals surface area contributed by atoms with Crippen LogP contribution in [0.15, 0.2) is 14.7 Å². The van der Waals surface area contributed by atoms with Gasteiger partial charge in [0.25, 0.3) is 5.22 Å². The zero-order chi connectivity index (χ0) is 15.6. The third-order valence-electron chi connectivity index (χ3n) is 2.81. The van der Waals surface area contributed by atoms with Gasteiger partial charge < -0.3 is 9.73 Å². The van der Waals surface area contributed by atoms with Gasteiger partial charge in [-0.2, -0.15) is 0 Å². The van der Waals surface area contributed by atoms with E-state index in [0.717, 1.165) is 28.8 Å². The number of hydrogen-bond acceptors (Lipinski definition) is 7. The minimum absolute atomic E-state index is 0.127. The van der Waals surface area contributed by atoms with Crippen LogP contribution in [-0.2, 0) is 5.41 Å². The molecule has 0 bridgehead atoms. The van der Waals surface area contributed by atoms with Crippen LogP contribution in [0.5, 0.6) is 0 Å². The Kier molecular flexibility index (Phi) is 4.51. The van der Waals surface area contributed by atoms with Crippen molar-refractivity contribution in [3.05, 3.63) is 17.3 Å². The highest BCUT2D eigenvalue weighted by Gasteiger charge is 2.22. The summed E-state index contributed by atoms with van der Waals surface area (Å²) >= 11 is 1.37. The number of aryl methyl sites for hydroxylation is 1. The topological polar surface area (TPSA) is 76.7 Å². The standard InChI is InChI=1S/C14H21N5OS/c1-7-15-10-8(2)11(17-12(16-10)14(4,5)6)21-13-19-18-9(3)20-13/h7H2,1-6H3,(H,15,16,17). The SMILES string of the molecule is CCNc1nc(C(C)(C)C)nc(Sc2nnc(C)o2)c1C. The zero-order valence-corrected chi connectivity index (χ0v) is 14.1. The third kappa shape index (κ3) is 3.72. The summed E-state index contributed by atoms with van der Waals surface area (Å²) in [6, 6.07) is 0.